The first-order valence-corrected chi connectivity index (χ1v) is 9.94. The van der Waals surface area contributed by atoms with Crippen LogP contribution in [0.4, 0.5) is 5.69 Å². The molecule has 1 aliphatic heterocycles. The number of carbonyl (C=O) groups excluding carboxylic acids is 1. The van der Waals surface area contributed by atoms with Gasteiger partial charge in [0.15, 0.2) is 5.82 Å². The Morgan fingerprint density at radius 3 is 2.52 bits per heavy atom. The minimum Gasteiger partial charge on any atom is -0.304 e. The van der Waals surface area contributed by atoms with Gasteiger partial charge < -0.3 is 4.90 Å². The highest BCUT2D eigenvalue weighted by Crippen LogP contribution is 2.35. The fourth-order valence-corrected chi connectivity index (χ4v) is 4.63. The number of fused-ring (bicyclic) bond motifs is 2. The number of aryl methyl sites for hydroxylation is 1. The van der Waals surface area contributed by atoms with Crippen molar-refractivity contribution in [3.63, 3.8) is 0 Å². The van der Waals surface area contributed by atoms with Crippen LogP contribution in [-0.2, 0) is 4.79 Å². The van der Waals surface area contributed by atoms with E-state index < -0.39 is 0 Å². The maximum Gasteiger partial charge on any atom is 0.291 e. The summed E-state index contributed by atoms with van der Waals surface area (Å²) in [7, 11) is 0. The zero-order valence-corrected chi connectivity index (χ0v) is 16.4. The lowest BCUT2D eigenvalue weighted by Gasteiger charge is -2.13. The Bertz CT molecular complexity index is 1420. The fraction of sp³-hybridized carbons (Fsp3) is 0.0909. The molecule has 1 amide bonds. The van der Waals surface area contributed by atoms with Gasteiger partial charge in [0.05, 0.1) is 11.3 Å². The normalized spacial score (nSPS) is 15.2. The Balaban J connectivity index is 1.75. The van der Waals surface area contributed by atoms with Crippen molar-refractivity contribution >= 4 is 33.5 Å². The SMILES string of the molecule is C=CCN1C(=O)/C(=c2\sc3nc(-c4ccccc4C)nn3c2=O)c2ccccc21. The number of anilines is 1. The van der Waals surface area contributed by atoms with Crippen LogP contribution >= 0.6 is 11.3 Å². The van der Waals surface area contributed by atoms with Crippen molar-refractivity contribution < 1.29 is 4.79 Å². The highest BCUT2D eigenvalue weighted by molar-refractivity contribution is 7.15. The van der Waals surface area contributed by atoms with Gasteiger partial charge in [0.25, 0.3) is 11.5 Å². The monoisotopic (exact) mass is 400 g/mol. The Kier molecular flexibility index (Phi) is 3.92. The molecule has 29 heavy (non-hydrogen) atoms. The van der Waals surface area contributed by atoms with Crippen molar-refractivity contribution in [1.82, 2.24) is 14.6 Å². The molecule has 7 heteroatoms. The van der Waals surface area contributed by atoms with E-state index in [9.17, 15) is 9.59 Å². The second-order valence-corrected chi connectivity index (χ2v) is 7.76. The maximum absolute atomic E-state index is 13.1. The van der Waals surface area contributed by atoms with Crippen LogP contribution in [0.2, 0.25) is 0 Å². The van der Waals surface area contributed by atoms with Crippen molar-refractivity contribution in [2.24, 2.45) is 0 Å². The first-order chi connectivity index (χ1) is 14.1. The summed E-state index contributed by atoms with van der Waals surface area (Å²) in [4.78, 5) is 32.9. The van der Waals surface area contributed by atoms with Gasteiger partial charge >= 0.3 is 0 Å². The van der Waals surface area contributed by atoms with Gasteiger partial charge in [-0.1, -0.05) is 59.9 Å². The number of benzene rings is 2. The first-order valence-electron chi connectivity index (χ1n) is 9.12. The summed E-state index contributed by atoms with van der Waals surface area (Å²) in [6, 6.07) is 15.2. The highest BCUT2D eigenvalue weighted by atomic mass is 32.1. The topological polar surface area (TPSA) is 67.6 Å². The van der Waals surface area contributed by atoms with Gasteiger partial charge in [-0.25, -0.2) is 0 Å². The van der Waals surface area contributed by atoms with E-state index in [4.69, 9.17) is 0 Å². The van der Waals surface area contributed by atoms with Crippen LogP contribution in [0.25, 0.3) is 21.9 Å². The van der Waals surface area contributed by atoms with Crippen LogP contribution < -0.4 is 15.0 Å². The smallest absolute Gasteiger partial charge is 0.291 e. The molecule has 5 rings (SSSR count). The molecule has 0 aliphatic carbocycles. The molecular formula is C22H16N4O2S. The third kappa shape index (κ3) is 2.55. The van der Waals surface area contributed by atoms with Crippen molar-refractivity contribution in [3.05, 3.63) is 87.2 Å². The number of nitrogens with zero attached hydrogens (tertiary/aromatic N) is 4. The van der Waals surface area contributed by atoms with Crippen LogP contribution in [0.3, 0.4) is 0 Å². The lowest BCUT2D eigenvalue weighted by atomic mass is 10.1. The summed E-state index contributed by atoms with van der Waals surface area (Å²) in [5, 5.41) is 4.42. The Morgan fingerprint density at radius 1 is 1.07 bits per heavy atom. The molecule has 0 unspecified atom stereocenters. The molecule has 2 aromatic carbocycles. The zero-order valence-electron chi connectivity index (χ0n) is 15.6. The van der Waals surface area contributed by atoms with Crippen LogP contribution in [0.5, 0.6) is 0 Å². The molecule has 0 fully saturated rings. The molecule has 6 nitrogen and oxygen atoms in total. The second-order valence-electron chi connectivity index (χ2n) is 6.78. The fourth-order valence-electron chi connectivity index (χ4n) is 3.63. The van der Waals surface area contributed by atoms with Crippen molar-refractivity contribution in [1.29, 1.82) is 0 Å². The van der Waals surface area contributed by atoms with E-state index >= 15 is 0 Å². The number of carbonyl (C=O) groups is 1. The van der Waals surface area contributed by atoms with E-state index in [2.05, 4.69) is 16.7 Å². The summed E-state index contributed by atoms with van der Waals surface area (Å²) in [6.45, 7) is 6.09. The average molecular weight is 400 g/mol. The molecule has 1 aliphatic rings. The largest absolute Gasteiger partial charge is 0.304 e. The molecule has 142 valence electrons. The number of amides is 1. The third-order valence-electron chi connectivity index (χ3n) is 5.01. The van der Waals surface area contributed by atoms with Gasteiger partial charge in [0, 0.05) is 17.7 Å². The van der Waals surface area contributed by atoms with E-state index in [1.165, 1.54) is 15.9 Å². The van der Waals surface area contributed by atoms with Crippen molar-refractivity contribution in [2.45, 2.75) is 6.92 Å². The number of para-hydroxylation sites is 1. The van der Waals surface area contributed by atoms with Gasteiger partial charge in [-0.3, -0.25) is 9.59 Å². The molecule has 4 aromatic rings. The summed E-state index contributed by atoms with van der Waals surface area (Å²) in [6.07, 6.45) is 1.67. The van der Waals surface area contributed by atoms with Gasteiger partial charge in [-0.05, 0) is 18.6 Å². The summed E-state index contributed by atoms with van der Waals surface area (Å²) >= 11 is 1.20. The molecule has 0 saturated heterocycles. The summed E-state index contributed by atoms with van der Waals surface area (Å²) in [5.41, 5.74) is 3.54. The van der Waals surface area contributed by atoms with Gasteiger partial charge in [0.2, 0.25) is 4.96 Å². The lowest BCUT2D eigenvalue weighted by Crippen LogP contribution is -2.32. The molecule has 0 spiro atoms. The Labute approximate surface area is 170 Å². The number of hydrogen-bond acceptors (Lipinski definition) is 5. The van der Waals surface area contributed by atoms with Crippen LogP contribution in [-0.4, -0.2) is 27.0 Å². The summed E-state index contributed by atoms with van der Waals surface area (Å²) in [5.74, 6) is 0.307. The van der Waals surface area contributed by atoms with E-state index in [0.29, 0.717) is 27.4 Å². The second kappa shape index (κ2) is 6.49. The van der Waals surface area contributed by atoms with E-state index in [1.807, 2.05) is 55.5 Å². The predicted molar refractivity (Wildman–Crippen MR) is 114 cm³/mol. The van der Waals surface area contributed by atoms with Gasteiger partial charge in [-0.15, -0.1) is 11.7 Å². The van der Waals surface area contributed by atoms with E-state index in [0.717, 1.165) is 22.4 Å². The quantitative estimate of drug-likeness (QED) is 0.496. The van der Waals surface area contributed by atoms with Gasteiger partial charge in [-0.2, -0.15) is 9.50 Å². The number of rotatable bonds is 3. The van der Waals surface area contributed by atoms with Crippen LogP contribution in [0, 0.1) is 6.92 Å². The third-order valence-corrected chi connectivity index (χ3v) is 6.03. The van der Waals surface area contributed by atoms with Crippen molar-refractivity contribution in [3.8, 4) is 11.4 Å². The lowest BCUT2D eigenvalue weighted by molar-refractivity contribution is -0.112. The number of aromatic nitrogens is 3. The molecule has 0 bridgehead atoms. The van der Waals surface area contributed by atoms with E-state index in [-0.39, 0.29) is 11.5 Å². The predicted octanol–water partition coefficient (Wildman–Crippen LogP) is 2.58. The Hall–Kier alpha value is -3.58. The molecule has 0 N–H and O–H groups in total. The molecule has 0 saturated carbocycles. The van der Waals surface area contributed by atoms with Crippen LogP contribution in [0.15, 0.2) is 66.0 Å². The average Bonchev–Trinajstić information content (AvgIpc) is 3.35. The Morgan fingerprint density at radius 2 is 1.79 bits per heavy atom. The van der Waals surface area contributed by atoms with Crippen LogP contribution in [0.1, 0.15) is 11.1 Å². The molecular weight excluding hydrogens is 384 g/mol. The number of hydrogen-bond donors (Lipinski definition) is 0. The molecule has 0 atom stereocenters. The number of thiazole rings is 1. The molecule has 2 aromatic heterocycles. The molecule has 0 radical (unpaired) electrons. The standard InChI is InChI=1S/C22H16N4O2S/c1-3-12-25-16-11-7-6-10-15(16)17(20(25)27)18-21(28)26-22(29-18)23-19(24-26)14-9-5-4-8-13(14)2/h3-11H,1,12H2,2H3/b18-17-. The first kappa shape index (κ1) is 17.5. The molecule has 3 heterocycles. The maximum atomic E-state index is 13.1. The summed E-state index contributed by atoms with van der Waals surface area (Å²) < 4.78 is 1.65. The highest BCUT2D eigenvalue weighted by Gasteiger charge is 2.33. The zero-order chi connectivity index (χ0) is 20.1. The van der Waals surface area contributed by atoms with E-state index in [1.54, 1.807) is 11.0 Å². The van der Waals surface area contributed by atoms with Gasteiger partial charge in [0.1, 0.15) is 4.53 Å². The van der Waals surface area contributed by atoms with Crippen molar-refractivity contribution in [2.75, 3.05) is 11.4 Å². The minimum atomic E-state index is -0.323. The minimum absolute atomic E-state index is 0.202.